The van der Waals surface area contributed by atoms with E-state index in [9.17, 15) is 14.0 Å². The van der Waals surface area contributed by atoms with Crippen LogP contribution in [0.2, 0.25) is 0 Å². The van der Waals surface area contributed by atoms with Crippen molar-refractivity contribution < 1.29 is 18.7 Å². The summed E-state index contributed by atoms with van der Waals surface area (Å²) in [6.45, 7) is 3.57. The number of carbonyl (C=O) groups excluding carboxylic acids is 2. The van der Waals surface area contributed by atoms with Crippen LogP contribution in [0.4, 0.5) is 4.39 Å². The Balaban J connectivity index is 1.68. The van der Waals surface area contributed by atoms with E-state index in [0.717, 1.165) is 5.56 Å². The van der Waals surface area contributed by atoms with Crippen molar-refractivity contribution in [2.24, 2.45) is 0 Å². The third kappa shape index (κ3) is 6.22. The van der Waals surface area contributed by atoms with Crippen LogP contribution in [0.5, 0.6) is 0 Å². The maximum absolute atomic E-state index is 13.4. The number of halogens is 1. The summed E-state index contributed by atoms with van der Waals surface area (Å²) in [7, 11) is 0. The van der Waals surface area contributed by atoms with Gasteiger partial charge in [0.1, 0.15) is 10.8 Å². The Bertz CT molecular complexity index is 1000. The van der Waals surface area contributed by atoms with E-state index in [1.54, 1.807) is 31.4 Å². The molecular formula is C23H23FN2O3S. The topological polar surface area (TPSA) is 68.3 Å². The highest BCUT2D eigenvalue weighted by atomic mass is 32.1. The molecule has 0 bridgehead atoms. The zero-order valence-electron chi connectivity index (χ0n) is 16.8. The van der Waals surface area contributed by atoms with Crippen LogP contribution < -0.4 is 5.32 Å². The van der Waals surface area contributed by atoms with E-state index in [4.69, 9.17) is 4.74 Å². The van der Waals surface area contributed by atoms with Gasteiger partial charge < -0.3 is 10.1 Å². The number of thiazole rings is 1. The van der Waals surface area contributed by atoms with Crippen LogP contribution in [0.15, 0.2) is 60.0 Å². The molecule has 0 radical (unpaired) electrons. The highest BCUT2D eigenvalue weighted by Crippen LogP contribution is 2.25. The monoisotopic (exact) mass is 426 g/mol. The standard InChI is InChI=1S/C23H23FN2O3S/c1-15(2)29-22(28)13-20(16-7-4-3-5-8-16)26-21(27)12-19-14-30-23(25-19)17-9-6-10-18(24)11-17/h3-11,14-15,20H,12-13H2,1-2H3,(H,26,27). The number of hydrogen-bond acceptors (Lipinski definition) is 5. The molecule has 30 heavy (non-hydrogen) atoms. The lowest BCUT2D eigenvalue weighted by Gasteiger charge is -2.19. The number of aromatic nitrogens is 1. The van der Waals surface area contributed by atoms with E-state index < -0.39 is 6.04 Å². The molecule has 0 aliphatic carbocycles. The largest absolute Gasteiger partial charge is 0.463 e. The molecule has 1 unspecified atom stereocenters. The van der Waals surface area contributed by atoms with Crippen LogP contribution in [-0.2, 0) is 20.7 Å². The Kier molecular flexibility index (Phi) is 7.30. The maximum atomic E-state index is 13.4. The molecule has 0 aliphatic heterocycles. The van der Waals surface area contributed by atoms with Crippen molar-refractivity contribution in [3.63, 3.8) is 0 Å². The van der Waals surface area contributed by atoms with E-state index >= 15 is 0 Å². The minimum atomic E-state index is -0.494. The molecule has 0 saturated heterocycles. The maximum Gasteiger partial charge on any atom is 0.308 e. The van der Waals surface area contributed by atoms with E-state index in [1.165, 1.54) is 23.5 Å². The summed E-state index contributed by atoms with van der Waals surface area (Å²) in [4.78, 5) is 29.2. The van der Waals surface area contributed by atoms with E-state index in [0.29, 0.717) is 16.3 Å². The molecule has 5 nitrogen and oxygen atoms in total. The van der Waals surface area contributed by atoms with E-state index in [-0.39, 0.29) is 36.6 Å². The molecular weight excluding hydrogens is 403 g/mol. The predicted molar refractivity (Wildman–Crippen MR) is 114 cm³/mol. The van der Waals surface area contributed by atoms with Crippen molar-refractivity contribution in [3.8, 4) is 10.6 Å². The smallest absolute Gasteiger partial charge is 0.308 e. The molecule has 1 aromatic heterocycles. The first-order chi connectivity index (χ1) is 14.4. The van der Waals surface area contributed by atoms with Crippen molar-refractivity contribution in [1.29, 1.82) is 0 Å². The Morgan fingerprint density at radius 3 is 2.60 bits per heavy atom. The molecule has 0 saturated carbocycles. The predicted octanol–water partition coefficient (Wildman–Crippen LogP) is 4.69. The van der Waals surface area contributed by atoms with Crippen LogP contribution in [0.1, 0.15) is 37.6 Å². The summed E-state index contributed by atoms with van der Waals surface area (Å²) >= 11 is 1.35. The van der Waals surface area contributed by atoms with Crippen molar-refractivity contribution in [1.82, 2.24) is 10.3 Å². The van der Waals surface area contributed by atoms with Gasteiger partial charge in [0.15, 0.2) is 0 Å². The Labute approximate surface area is 178 Å². The van der Waals surface area contributed by atoms with E-state index in [2.05, 4.69) is 10.3 Å². The lowest BCUT2D eigenvalue weighted by molar-refractivity contribution is -0.148. The normalized spacial score (nSPS) is 11.9. The first-order valence-corrected chi connectivity index (χ1v) is 10.5. The second-order valence-electron chi connectivity index (χ2n) is 7.10. The number of esters is 1. The molecule has 2 aromatic carbocycles. The van der Waals surface area contributed by atoms with Gasteiger partial charge in [-0.2, -0.15) is 0 Å². The van der Waals surface area contributed by atoms with Crippen molar-refractivity contribution in [2.75, 3.05) is 0 Å². The fraction of sp³-hybridized carbons (Fsp3) is 0.261. The third-order valence-corrected chi connectivity index (χ3v) is 5.18. The average Bonchev–Trinajstić information content (AvgIpc) is 3.16. The number of amides is 1. The highest BCUT2D eigenvalue weighted by Gasteiger charge is 2.20. The molecule has 1 heterocycles. The summed E-state index contributed by atoms with van der Waals surface area (Å²) in [5.74, 6) is -0.959. The van der Waals surface area contributed by atoms with Crippen LogP contribution in [-0.4, -0.2) is 23.0 Å². The first-order valence-electron chi connectivity index (χ1n) is 9.65. The van der Waals surface area contributed by atoms with Gasteiger partial charge in [-0.05, 0) is 31.5 Å². The first kappa shape index (κ1) is 21.6. The number of nitrogens with zero attached hydrogens (tertiary/aromatic N) is 1. The lowest BCUT2D eigenvalue weighted by Crippen LogP contribution is -2.32. The van der Waals surface area contributed by atoms with Gasteiger partial charge in [0.25, 0.3) is 0 Å². The van der Waals surface area contributed by atoms with Crippen LogP contribution in [0, 0.1) is 5.82 Å². The van der Waals surface area contributed by atoms with Crippen LogP contribution in [0.3, 0.4) is 0 Å². The van der Waals surface area contributed by atoms with Gasteiger partial charge in [-0.1, -0.05) is 42.5 Å². The number of benzene rings is 2. The third-order valence-electron chi connectivity index (χ3n) is 4.24. The number of hydrogen-bond donors (Lipinski definition) is 1. The van der Waals surface area contributed by atoms with Gasteiger partial charge in [-0.15, -0.1) is 11.3 Å². The van der Waals surface area contributed by atoms with Crippen molar-refractivity contribution in [2.45, 2.75) is 38.8 Å². The molecule has 1 amide bonds. The Morgan fingerprint density at radius 2 is 1.90 bits per heavy atom. The number of ether oxygens (including phenoxy) is 1. The Hall–Kier alpha value is -3.06. The summed E-state index contributed by atoms with van der Waals surface area (Å²) in [6.07, 6.45) is -0.116. The zero-order valence-corrected chi connectivity index (χ0v) is 17.6. The summed E-state index contributed by atoms with van der Waals surface area (Å²) in [5, 5.41) is 5.34. The summed E-state index contributed by atoms with van der Waals surface area (Å²) < 4.78 is 18.7. The van der Waals surface area contributed by atoms with E-state index in [1.807, 2.05) is 30.3 Å². The lowest BCUT2D eigenvalue weighted by atomic mass is 10.0. The second-order valence-corrected chi connectivity index (χ2v) is 7.96. The molecule has 1 atom stereocenters. The fourth-order valence-electron chi connectivity index (χ4n) is 2.97. The molecule has 0 spiro atoms. The van der Waals surface area contributed by atoms with Crippen molar-refractivity contribution in [3.05, 3.63) is 77.1 Å². The average molecular weight is 427 g/mol. The van der Waals surface area contributed by atoms with Gasteiger partial charge in [-0.3, -0.25) is 9.59 Å². The van der Waals surface area contributed by atoms with Crippen molar-refractivity contribution >= 4 is 23.2 Å². The zero-order chi connectivity index (χ0) is 21.5. The quantitative estimate of drug-likeness (QED) is 0.531. The molecule has 3 aromatic rings. The minimum Gasteiger partial charge on any atom is -0.463 e. The fourth-order valence-corrected chi connectivity index (χ4v) is 3.78. The van der Waals surface area contributed by atoms with Gasteiger partial charge >= 0.3 is 5.97 Å². The number of nitrogens with one attached hydrogen (secondary N) is 1. The van der Waals surface area contributed by atoms with Crippen LogP contribution >= 0.6 is 11.3 Å². The number of carbonyl (C=O) groups is 2. The van der Waals surface area contributed by atoms with Gasteiger partial charge in [0.2, 0.25) is 5.91 Å². The molecule has 156 valence electrons. The number of rotatable bonds is 8. The minimum absolute atomic E-state index is 0.0412. The molecule has 1 N–H and O–H groups in total. The van der Waals surface area contributed by atoms with Gasteiger partial charge in [0, 0.05) is 10.9 Å². The summed E-state index contributed by atoms with van der Waals surface area (Å²) in [6, 6.07) is 15.0. The molecule has 0 fully saturated rings. The van der Waals surface area contributed by atoms with Gasteiger partial charge in [0.05, 0.1) is 30.7 Å². The second kappa shape index (κ2) is 10.1. The Morgan fingerprint density at radius 1 is 1.13 bits per heavy atom. The van der Waals surface area contributed by atoms with Crippen LogP contribution in [0.25, 0.3) is 10.6 Å². The molecule has 7 heteroatoms. The highest BCUT2D eigenvalue weighted by molar-refractivity contribution is 7.13. The van der Waals surface area contributed by atoms with Gasteiger partial charge in [-0.25, -0.2) is 9.37 Å². The summed E-state index contributed by atoms with van der Waals surface area (Å²) in [5.41, 5.74) is 2.09. The molecule has 0 aliphatic rings. The molecule has 3 rings (SSSR count). The SMILES string of the molecule is CC(C)OC(=O)CC(NC(=O)Cc1csc(-c2cccc(F)c2)n1)c1ccccc1.